The number of nitrogens with zero attached hydrogens (tertiary/aromatic N) is 3. The lowest BCUT2D eigenvalue weighted by atomic mass is 10.1. The van der Waals surface area contributed by atoms with E-state index in [1.54, 1.807) is 24.5 Å². The molecule has 5 nitrogen and oxygen atoms in total. The van der Waals surface area contributed by atoms with Crippen molar-refractivity contribution in [3.05, 3.63) is 59.6 Å². The van der Waals surface area contributed by atoms with Gasteiger partial charge in [0.2, 0.25) is 5.95 Å². The second kappa shape index (κ2) is 5.22. The molecule has 0 saturated carbocycles. The van der Waals surface area contributed by atoms with Crippen molar-refractivity contribution in [2.45, 2.75) is 0 Å². The molecule has 1 N–H and O–H groups in total. The van der Waals surface area contributed by atoms with E-state index < -0.39 is 5.91 Å². The summed E-state index contributed by atoms with van der Waals surface area (Å²) in [5.41, 5.74) is 0.223. The number of carbonyl (C=O) groups excluding carboxylic acids is 1. The fourth-order valence-electron chi connectivity index (χ4n) is 1.80. The molecule has 0 bridgehead atoms. The average Bonchev–Trinajstić information content (AvgIpc) is 2.48. The number of fused-ring (bicyclic) bond motifs is 1. The van der Waals surface area contributed by atoms with Crippen LogP contribution in [-0.2, 0) is 0 Å². The maximum Gasteiger partial charge on any atom is 0.276 e. The van der Waals surface area contributed by atoms with E-state index in [0.717, 1.165) is 10.8 Å². The fourth-order valence-corrected chi connectivity index (χ4v) is 2.06. The number of amides is 1. The van der Waals surface area contributed by atoms with Gasteiger partial charge in [-0.25, -0.2) is 15.0 Å². The molecule has 3 rings (SSSR count). The van der Waals surface area contributed by atoms with Gasteiger partial charge >= 0.3 is 0 Å². The van der Waals surface area contributed by atoms with Gasteiger partial charge in [-0.3, -0.25) is 10.1 Å². The predicted octanol–water partition coefficient (Wildman–Crippen LogP) is 2.93. The smallest absolute Gasteiger partial charge is 0.276 e. The van der Waals surface area contributed by atoms with Gasteiger partial charge in [0, 0.05) is 17.8 Å². The molecule has 0 fully saturated rings. The molecule has 1 amide bonds. The first-order valence-electron chi connectivity index (χ1n) is 5.88. The summed E-state index contributed by atoms with van der Waals surface area (Å²) in [5, 5.41) is 4.52. The van der Waals surface area contributed by atoms with Gasteiger partial charge in [0.1, 0.15) is 10.8 Å². The zero-order valence-corrected chi connectivity index (χ0v) is 11.0. The molecule has 0 radical (unpaired) electrons. The third kappa shape index (κ3) is 2.44. The number of hydrogen-bond donors (Lipinski definition) is 1. The fraction of sp³-hybridized carbons (Fsp3) is 0. The molecule has 0 unspecified atom stereocenters. The molecular weight excluding hydrogens is 276 g/mol. The Morgan fingerprint density at radius 3 is 2.65 bits per heavy atom. The van der Waals surface area contributed by atoms with Crippen LogP contribution in [-0.4, -0.2) is 20.9 Å². The van der Waals surface area contributed by atoms with E-state index in [1.165, 1.54) is 0 Å². The SMILES string of the molecule is O=C(Nc1ncccn1)c1cc2ccccc2c(Cl)n1. The molecule has 0 aliphatic rings. The summed E-state index contributed by atoms with van der Waals surface area (Å²) >= 11 is 6.09. The molecule has 0 saturated heterocycles. The first-order valence-corrected chi connectivity index (χ1v) is 6.25. The van der Waals surface area contributed by atoms with Crippen molar-refractivity contribution in [3.8, 4) is 0 Å². The first-order chi connectivity index (χ1) is 9.74. The minimum absolute atomic E-state index is 0.223. The molecule has 0 aliphatic carbocycles. The number of benzene rings is 1. The highest BCUT2D eigenvalue weighted by atomic mass is 35.5. The van der Waals surface area contributed by atoms with E-state index in [0.29, 0.717) is 5.15 Å². The first kappa shape index (κ1) is 12.5. The van der Waals surface area contributed by atoms with Crippen molar-refractivity contribution in [2.75, 3.05) is 5.32 Å². The number of aromatic nitrogens is 3. The number of hydrogen-bond acceptors (Lipinski definition) is 4. The topological polar surface area (TPSA) is 67.8 Å². The molecule has 0 atom stereocenters. The Morgan fingerprint density at radius 2 is 1.85 bits per heavy atom. The predicted molar refractivity (Wildman–Crippen MR) is 76.7 cm³/mol. The highest BCUT2D eigenvalue weighted by Gasteiger charge is 2.12. The standard InChI is InChI=1S/C14H9ClN4O/c15-12-10-5-2-1-4-9(10)8-11(18-12)13(20)19-14-16-6-3-7-17-14/h1-8H,(H,16,17,19,20). The van der Waals surface area contributed by atoms with E-state index >= 15 is 0 Å². The molecule has 98 valence electrons. The van der Waals surface area contributed by atoms with Gasteiger partial charge in [-0.1, -0.05) is 35.9 Å². The van der Waals surface area contributed by atoms with Crippen LogP contribution in [0.25, 0.3) is 10.8 Å². The van der Waals surface area contributed by atoms with E-state index in [9.17, 15) is 4.79 Å². The Hall–Kier alpha value is -2.53. The number of anilines is 1. The lowest BCUT2D eigenvalue weighted by molar-refractivity contribution is 0.102. The molecule has 20 heavy (non-hydrogen) atoms. The highest BCUT2D eigenvalue weighted by molar-refractivity contribution is 6.34. The van der Waals surface area contributed by atoms with Crippen LogP contribution < -0.4 is 5.32 Å². The summed E-state index contributed by atoms with van der Waals surface area (Å²) in [6.45, 7) is 0. The lowest BCUT2D eigenvalue weighted by Crippen LogP contribution is -2.15. The van der Waals surface area contributed by atoms with E-state index in [-0.39, 0.29) is 11.6 Å². The number of nitrogens with one attached hydrogen (secondary N) is 1. The molecule has 2 heterocycles. The third-order valence-corrected chi connectivity index (χ3v) is 3.01. The number of halogens is 1. The van der Waals surface area contributed by atoms with Crippen LogP contribution in [0.3, 0.4) is 0 Å². The van der Waals surface area contributed by atoms with Crippen molar-refractivity contribution in [3.63, 3.8) is 0 Å². The molecule has 1 aromatic carbocycles. The van der Waals surface area contributed by atoms with Crippen molar-refractivity contribution in [2.24, 2.45) is 0 Å². The Bertz CT molecular complexity index is 776. The maximum absolute atomic E-state index is 12.1. The van der Waals surface area contributed by atoms with Crippen molar-refractivity contribution >= 4 is 34.2 Å². The minimum Gasteiger partial charge on any atom is -0.289 e. The third-order valence-electron chi connectivity index (χ3n) is 2.72. The van der Waals surface area contributed by atoms with Crippen LogP contribution in [0.15, 0.2) is 48.8 Å². The van der Waals surface area contributed by atoms with Gasteiger partial charge in [-0.15, -0.1) is 0 Å². The average molecular weight is 285 g/mol. The summed E-state index contributed by atoms with van der Waals surface area (Å²) in [7, 11) is 0. The summed E-state index contributed by atoms with van der Waals surface area (Å²) in [5.74, 6) is -0.174. The molecule has 3 aromatic rings. The van der Waals surface area contributed by atoms with E-state index in [4.69, 9.17) is 11.6 Å². The van der Waals surface area contributed by atoms with Crippen molar-refractivity contribution in [1.29, 1.82) is 0 Å². The number of rotatable bonds is 2. The van der Waals surface area contributed by atoms with Crippen LogP contribution in [0.2, 0.25) is 5.15 Å². The van der Waals surface area contributed by atoms with Gasteiger partial charge in [-0.2, -0.15) is 0 Å². The van der Waals surface area contributed by atoms with Crippen LogP contribution in [0.1, 0.15) is 10.5 Å². The van der Waals surface area contributed by atoms with Crippen molar-refractivity contribution < 1.29 is 4.79 Å². The molecule has 0 aliphatic heterocycles. The van der Waals surface area contributed by atoms with Crippen molar-refractivity contribution in [1.82, 2.24) is 15.0 Å². The van der Waals surface area contributed by atoms with Crippen LogP contribution in [0, 0.1) is 0 Å². The molecular formula is C14H9ClN4O. The van der Waals surface area contributed by atoms with Crippen LogP contribution in [0.4, 0.5) is 5.95 Å². The van der Waals surface area contributed by atoms with Gasteiger partial charge in [0.15, 0.2) is 0 Å². The molecule has 0 spiro atoms. The number of carbonyl (C=O) groups is 1. The van der Waals surface area contributed by atoms with E-state index in [2.05, 4.69) is 20.3 Å². The summed E-state index contributed by atoms with van der Waals surface area (Å²) < 4.78 is 0. The second-order valence-corrected chi connectivity index (χ2v) is 4.40. The lowest BCUT2D eigenvalue weighted by Gasteiger charge is -2.05. The Labute approximate surface area is 119 Å². The summed E-state index contributed by atoms with van der Waals surface area (Å²) in [6, 6.07) is 10.8. The second-order valence-electron chi connectivity index (χ2n) is 4.05. The Balaban J connectivity index is 1.96. The van der Waals surface area contributed by atoms with Gasteiger partial charge in [0.05, 0.1) is 0 Å². The monoisotopic (exact) mass is 284 g/mol. The maximum atomic E-state index is 12.1. The van der Waals surface area contributed by atoms with E-state index in [1.807, 2.05) is 24.3 Å². The summed E-state index contributed by atoms with van der Waals surface area (Å²) in [6.07, 6.45) is 3.09. The quantitative estimate of drug-likeness (QED) is 0.735. The minimum atomic E-state index is -0.399. The Kier molecular flexibility index (Phi) is 3.26. The van der Waals surface area contributed by atoms with Gasteiger partial charge < -0.3 is 0 Å². The summed E-state index contributed by atoms with van der Waals surface area (Å²) in [4.78, 5) is 24.0. The van der Waals surface area contributed by atoms with Crippen LogP contribution >= 0.6 is 11.6 Å². The largest absolute Gasteiger partial charge is 0.289 e. The van der Waals surface area contributed by atoms with Gasteiger partial charge in [-0.05, 0) is 17.5 Å². The van der Waals surface area contributed by atoms with Gasteiger partial charge in [0.25, 0.3) is 5.91 Å². The molecule has 2 aromatic heterocycles. The zero-order chi connectivity index (χ0) is 13.9. The Morgan fingerprint density at radius 1 is 1.10 bits per heavy atom. The zero-order valence-electron chi connectivity index (χ0n) is 10.2. The normalized spacial score (nSPS) is 10.4. The molecule has 6 heteroatoms. The number of pyridine rings is 1. The highest BCUT2D eigenvalue weighted by Crippen LogP contribution is 2.22. The van der Waals surface area contributed by atoms with Crippen LogP contribution in [0.5, 0.6) is 0 Å².